The van der Waals surface area contributed by atoms with E-state index in [1.54, 1.807) is 0 Å². The molecule has 0 spiro atoms. The van der Waals surface area contributed by atoms with Crippen molar-refractivity contribution in [1.29, 1.82) is 0 Å². The van der Waals surface area contributed by atoms with Crippen molar-refractivity contribution in [1.82, 2.24) is 15.5 Å². The third kappa shape index (κ3) is 3.98. The first-order valence-electron chi connectivity index (χ1n) is 7.97. The molecule has 1 aromatic carbocycles. The molecule has 0 aromatic heterocycles. The second kappa shape index (κ2) is 6.95. The van der Waals surface area contributed by atoms with Crippen LogP contribution < -0.4 is 16.0 Å². The molecule has 2 unspecified atom stereocenters. The van der Waals surface area contributed by atoms with Crippen LogP contribution in [0.4, 0.5) is 14.9 Å². The molecule has 2 fully saturated rings. The molecule has 7 heteroatoms. The molecule has 1 aromatic rings. The number of rotatable bonds is 3. The summed E-state index contributed by atoms with van der Waals surface area (Å²) in [5.74, 6) is -0.216. The number of benzene rings is 1. The molecule has 6 nitrogen and oxygen atoms in total. The lowest BCUT2D eigenvalue weighted by Crippen LogP contribution is -2.45. The number of anilines is 1. The van der Waals surface area contributed by atoms with Crippen LogP contribution in [0.15, 0.2) is 24.3 Å². The molecule has 2 atom stereocenters. The van der Waals surface area contributed by atoms with Crippen molar-refractivity contribution < 1.29 is 14.0 Å². The van der Waals surface area contributed by atoms with Crippen LogP contribution in [0.1, 0.15) is 19.3 Å². The van der Waals surface area contributed by atoms with E-state index in [9.17, 15) is 14.0 Å². The summed E-state index contributed by atoms with van der Waals surface area (Å²) < 4.78 is 12.8. The van der Waals surface area contributed by atoms with Gasteiger partial charge in [-0.15, -0.1) is 0 Å². The topological polar surface area (TPSA) is 73.5 Å². The molecule has 3 amide bonds. The van der Waals surface area contributed by atoms with Gasteiger partial charge in [-0.2, -0.15) is 0 Å². The summed E-state index contributed by atoms with van der Waals surface area (Å²) in [6, 6.07) is 5.13. The van der Waals surface area contributed by atoms with E-state index in [2.05, 4.69) is 16.0 Å². The van der Waals surface area contributed by atoms with Gasteiger partial charge in [0, 0.05) is 24.8 Å². The molecule has 2 saturated heterocycles. The summed E-state index contributed by atoms with van der Waals surface area (Å²) >= 11 is 0. The zero-order valence-corrected chi connectivity index (χ0v) is 12.8. The van der Waals surface area contributed by atoms with Crippen LogP contribution in [0.2, 0.25) is 0 Å². The van der Waals surface area contributed by atoms with Gasteiger partial charge in [-0.25, -0.2) is 9.18 Å². The fourth-order valence-corrected chi connectivity index (χ4v) is 3.08. The van der Waals surface area contributed by atoms with Gasteiger partial charge in [0.15, 0.2) is 0 Å². The van der Waals surface area contributed by atoms with Crippen molar-refractivity contribution in [3.63, 3.8) is 0 Å². The Kier molecular flexibility index (Phi) is 4.76. The van der Waals surface area contributed by atoms with E-state index in [0.29, 0.717) is 18.8 Å². The van der Waals surface area contributed by atoms with Gasteiger partial charge < -0.3 is 20.9 Å². The molecule has 124 valence electrons. The lowest BCUT2D eigenvalue weighted by Gasteiger charge is -2.21. The Morgan fingerprint density at radius 3 is 2.70 bits per heavy atom. The summed E-state index contributed by atoms with van der Waals surface area (Å²) in [5.41, 5.74) is 0.532. The largest absolute Gasteiger partial charge is 0.339 e. The smallest absolute Gasteiger partial charge is 0.319 e. The van der Waals surface area contributed by atoms with Crippen LogP contribution in [0.3, 0.4) is 0 Å². The lowest BCUT2D eigenvalue weighted by atomic mass is 10.2. The highest BCUT2D eigenvalue weighted by molar-refractivity contribution is 5.89. The van der Waals surface area contributed by atoms with E-state index in [0.717, 1.165) is 25.8 Å². The number of nitrogens with one attached hydrogen (secondary N) is 3. The number of carbonyl (C=O) groups excluding carboxylic acids is 2. The fraction of sp³-hybridized carbons (Fsp3) is 0.500. The average Bonchev–Trinajstić information content (AvgIpc) is 3.20. The van der Waals surface area contributed by atoms with E-state index in [1.807, 2.05) is 4.90 Å². The highest BCUT2D eigenvalue weighted by Crippen LogP contribution is 2.15. The van der Waals surface area contributed by atoms with Crippen molar-refractivity contribution in [2.75, 3.05) is 25.0 Å². The Morgan fingerprint density at radius 2 is 2.00 bits per heavy atom. The van der Waals surface area contributed by atoms with Gasteiger partial charge in [0.2, 0.25) is 5.91 Å². The first-order chi connectivity index (χ1) is 11.1. The molecule has 2 heterocycles. The van der Waals surface area contributed by atoms with E-state index < -0.39 is 0 Å². The Morgan fingerprint density at radius 1 is 1.22 bits per heavy atom. The van der Waals surface area contributed by atoms with Crippen molar-refractivity contribution in [3.05, 3.63) is 30.1 Å². The van der Waals surface area contributed by atoms with Gasteiger partial charge in [0.05, 0.1) is 6.04 Å². The quantitative estimate of drug-likeness (QED) is 0.786. The van der Waals surface area contributed by atoms with Crippen molar-refractivity contribution >= 4 is 17.6 Å². The van der Waals surface area contributed by atoms with E-state index in [1.165, 1.54) is 24.3 Å². The standard InChI is InChI=1S/C16H21FN4O2/c17-11-3-5-12(6-4-11)19-16(23)20-13-7-9-21(10-13)15(22)14-2-1-8-18-14/h3-6,13-14,18H,1-2,7-10H2,(H2,19,20,23). The zero-order valence-electron chi connectivity index (χ0n) is 12.8. The number of urea groups is 1. The first-order valence-corrected chi connectivity index (χ1v) is 7.97. The Labute approximate surface area is 134 Å². The molecule has 0 aliphatic carbocycles. The summed E-state index contributed by atoms with van der Waals surface area (Å²) in [7, 11) is 0. The zero-order chi connectivity index (χ0) is 16.2. The highest BCUT2D eigenvalue weighted by atomic mass is 19.1. The number of halogens is 1. The number of carbonyl (C=O) groups is 2. The van der Waals surface area contributed by atoms with Crippen molar-refractivity contribution in [2.45, 2.75) is 31.3 Å². The maximum absolute atomic E-state index is 12.8. The van der Waals surface area contributed by atoms with Gasteiger partial charge in [-0.05, 0) is 50.1 Å². The van der Waals surface area contributed by atoms with Crippen molar-refractivity contribution in [3.8, 4) is 0 Å². The first kappa shape index (κ1) is 15.7. The molecule has 2 aliphatic heterocycles. The van der Waals surface area contributed by atoms with Crippen LogP contribution in [-0.4, -0.2) is 48.6 Å². The number of hydrogen-bond donors (Lipinski definition) is 3. The van der Waals surface area contributed by atoms with Crippen LogP contribution in [0, 0.1) is 5.82 Å². The van der Waals surface area contributed by atoms with Gasteiger partial charge in [0.1, 0.15) is 5.82 Å². The predicted molar refractivity (Wildman–Crippen MR) is 84.6 cm³/mol. The summed E-state index contributed by atoms with van der Waals surface area (Å²) in [5, 5.41) is 8.73. The minimum Gasteiger partial charge on any atom is -0.339 e. The van der Waals surface area contributed by atoms with Crippen LogP contribution in [0.5, 0.6) is 0 Å². The molecule has 23 heavy (non-hydrogen) atoms. The minimum absolute atomic E-state index is 0.0548. The van der Waals surface area contributed by atoms with Crippen LogP contribution in [0.25, 0.3) is 0 Å². The Bertz CT molecular complexity index is 572. The third-order valence-corrected chi connectivity index (χ3v) is 4.30. The molecule has 0 radical (unpaired) electrons. The van der Waals surface area contributed by atoms with Crippen LogP contribution in [-0.2, 0) is 4.79 Å². The molecule has 0 saturated carbocycles. The highest BCUT2D eigenvalue weighted by Gasteiger charge is 2.32. The summed E-state index contributed by atoms with van der Waals surface area (Å²) in [4.78, 5) is 26.1. The third-order valence-electron chi connectivity index (χ3n) is 4.30. The van der Waals surface area contributed by atoms with Crippen LogP contribution >= 0.6 is 0 Å². The average molecular weight is 320 g/mol. The lowest BCUT2D eigenvalue weighted by molar-refractivity contribution is -0.132. The van der Waals surface area contributed by atoms with E-state index in [-0.39, 0.29) is 29.8 Å². The number of likely N-dealkylation sites (tertiary alicyclic amines) is 1. The SMILES string of the molecule is O=C(Nc1ccc(F)cc1)NC1CCN(C(=O)C2CCCN2)C1. The maximum atomic E-state index is 12.8. The van der Waals surface area contributed by atoms with Gasteiger partial charge in [-0.3, -0.25) is 4.79 Å². The fourth-order valence-electron chi connectivity index (χ4n) is 3.08. The minimum atomic E-state index is -0.346. The normalized spacial score (nSPS) is 23.8. The van der Waals surface area contributed by atoms with Crippen molar-refractivity contribution in [2.24, 2.45) is 0 Å². The summed E-state index contributed by atoms with van der Waals surface area (Å²) in [6.45, 7) is 2.10. The molecule has 3 rings (SSSR count). The van der Waals surface area contributed by atoms with Gasteiger partial charge in [-0.1, -0.05) is 0 Å². The molecule has 3 N–H and O–H groups in total. The second-order valence-electron chi connectivity index (χ2n) is 6.02. The molecule has 2 aliphatic rings. The van der Waals surface area contributed by atoms with Gasteiger partial charge >= 0.3 is 6.03 Å². The number of amides is 3. The number of hydrogen-bond acceptors (Lipinski definition) is 3. The monoisotopic (exact) mass is 320 g/mol. The van der Waals surface area contributed by atoms with E-state index >= 15 is 0 Å². The predicted octanol–water partition coefficient (Wildman–Crippen LogP) is 1.30. The van der Waals surface area contributed by atoms with E-state index in [4.69, 9.17) is 0 Å². The molecule has 0 bridgehead atoms. The number of nitrogens with zero attached hydrogens (tertiary/aromatic N) is 1. The second-order valence-corrected chi connectivity index (χ2v) is 6.02. The Balaban J connectivity index is 1.46. The van der Waals surface area contributed by atoms with Gasteiger partial charge in [0.25, 0.3) is 0 Å². The molecular weight excluding hydrogens is 299 g/mol. The Hall–Kier alpha value is -2.15. The molecular formula is C16H21FN4O2. The summed E-state index contributed by atoms with van der Waals surface area (Å²) in [6.07, 6.45) is 2.67. The maximum Gasteiger partial charge on any atom is 0.319 e.